The predicted octanol–water partition coefficient (Wildman–Crippen LogP) is 3.86. The van der Waals surface area contributed by atoms with Crippen LogP contribution in [0.25, 0.3) is 0 Å². The molecule has 1 aromatic rings. The minimum atomic E-state index is -0.392. The first-order chi connectivity index (χ1) is 8.77. The van der Waals surface area contributed by atoms with Crippen LogP contribution in [0.2, 0.25) is 5.02 Å². The van der Waals surface area contributed by atoms with E-state index in [9.17, 15) is 4.79 Å². The second kappa shape index (κ2) is 8.41. The van der Waals surface area contributed by atoms with Crippen molar-refractivity contribution in [1.29, 1.82) is 0 Å². The monoisotopic (exact) mass is 430 g/mol. The van der Waals surface area contributed by atoms with Crippen molar-refractivity contribution in [2.24, 2.45) is 11.7 Å². The lowest BCUT2D eigenvalue weighted by atomic mass is 9.90. The lowest BCUT2D eigenvalue weighted by Gasteiger charge is -2.31. The van der Waals surface area contributed by atoms with Crippen LogP contribution in [0.5, 0.6) is 0 Å². The fourth-order valence-electron chi connectivity index (χ4n) is 2.10. The highest BCUT2D eigenvalue weighted by molar-refractivity contribution is 14.1. The molecule has 20 heavy (non-hydrogen) atoms. The molecule has 6 heteroatoms. The van der Waals surface area contributed by atoms with E-state index >= 15 is 0 Å². The van der Waals surface area contributed by atoms with Gasteiger partial charge in [0.2, 0.25) is 0 Å². The molecule has 0 aliphatic carbocycles. The van der Waals surface area contributed by atoms with E-state index in [0.717, 1.165) is 9.99 Å². The van der Waals surface area contributed by atoms with Gasteiger partial charge >= 0.3 is 0 Å². The summed E-state index contributed by atoms with van der Waals surface area (Å²) in [7, 11) is 0. The van der Waals surface area contributed by atoms with Gasteiger partial charge in [0, 0.05) is 20.7 Å². The number of hydrogen-bond donors (Lipinski definition) is 2. The summed E-state index contributed by atoms with van der Waals surface area (Å²) >= 11 is 8.07. The number of halogens is 3. The highest BCUT2D eigenvalue weighted by atomic mass is 127. The van der Waals surface area contributed by atoms with Gasteiger partial charge in [-0.3, -0.25) is 4.79 Å². The molecule has 0 aliphatic heterocycles. The molecule has 1 rings (SSSR count). The Morgan fingerprint density at radius 3 is 2.60 bits per heavy atom. The Labute approximate surface area is 145 Å². The molecule has 0 saturated carbocycles. The maximum absolute atomic E-state index is 12.3. The second-order valence-corrected chi connectivity index (χ2v) is 7.04. The van der Waals surface area contributed by atoms with Crippen LogP contribution in [0.15, 0.2) is 18.2 Å². The third-order valence-electron chi connectivity index (χ3n) is 2.90. The number of nitrogens with one attached hydrogen (secondary N) is 1. The van der Waals surface area contributed by atoms with Gasteiger partial charge in [0.25, 0.3) is 5.91 Å². The van der Waals surface area contributed by atoms with Gasteiger partial charge in [0.15, 0.2) is 0 Å². The molecule has 1 aromatic carbocycles. The van der Waals surface area contributed by atoms with Gasteiger partial charge in [0.1, 0.15) is 0 Å². The number of amides is 1. The summed E-state index contributed by atoms with van der Waals surface area (Å²) < 4.78 is 0.878. The molecular formula is C14H21Cl2IN2O. The molecule has 0 spiro atoms. The number of rotatable bonds is 5. The smallest absolute Gasteiger partial charge is 0.252 e. The number of benzene rings is 1. The molecule has 3 N–H and O–H groups in total. The van der Waals surface area contributed by atoms with Crippen molar-refractivity contribution in [2.45, 2.75) is 32.7 Å². The lowest BCUT2D eigenvalue weighted by Crippen LogP contribution is -2.52. The molecule has 3 nitrogen and oxygen atoms in total. The van der Waals surface area contributed by atoms with Crippen molar-refractivity contribution < 1.29 is 4.79 Å². The summed E-state index contributed by atoms with van der Waals surface area (Å²) in [6.45, 7) is 6.61. The zero-order valence-electron chi connectivity index (χ0n) is 11.9. The van der Waals surface area contributed by atoms with Crippen LogP contribution in [0.4, 0.5) is 0 Å². The van der Waals surface area contributed by atoms with E-state index in [2.05, 4.69) is 41.8 Å². The Morgan fingerprint density at radius 1 is 1.50 bits per heavy atom. The largest absolute Gasteiger partial charge is 0.346 e. The minimum absolute atomic E-state index is 0. The molecule has 0 aromatic heterocycles. The van der Waals surface area contributed by atoms with Crippen molar-refractivity contribution in [3.63, 3.8) is 0 Å². The van der Waals surface area contributed by atoms with Crippen LogP contribution in [-0.4, -0.2) is 18.0 Å². The average molecular weight is 431 g/mol. The van der Waals surface area contributed by atoms with Gasteiger partial charge in [-0.05, 0) is 60.1 Å². The van der Waals surface area contributed by atoms with Crippen molar-refractivity contribution in [3.8, 4) is 0 Å². The Balaban J connectivity index is 0.00000361. The normalized spacial score (nSPS) is 13.6. The average Bonchev–Trinajstić information content (AvgIpc) is 2.31. The Hall–Kier alpha value is -0.0400. The predicted molar refractivity (Wildman–Crippen MR) is 95.8 cm³/mol. The zero-order valence-corrected chi connectivity index (χ0v) is 15.6. The van der Waals surface area contributed by atoms with E-state index in [0.29, 0.717) is 23.0 Å². The van der Waals surface area contributed by atoms with Crippen LogP contribution in [0.1, 0.15) is 37.6 Å². The fourth-order valence-corrected chi connectivity index (χ4v) is 2.85. The van der Waals surface area contributed by atoms with Crippen LogP contribution in [0.3, 0.4) is 0 Å². The first-order valence-electron chi connectivity index (χ1n) is 6.25. The van der Waals surface area contributed by atoms with Crippen molar-refractivity contribution >= 4 is 52.5 Å². The minimum Gasteiger partial charge on any atom is -0.346 e. The number of nitrogens with two attached hydrogens (primary N) is 1. The SMILES string of the molecule is CC(C)CC(C)(CN)NC(=O)c1cc(Cl)ccc1I.Cl. The van der Waals surface area contributed by atoms with E-state index in [-0.39, 0.29) is 18.3 Å². The van der Waals surface area contributed by atoms with Crippen molar-refractivity contribution in [1.82, 2.24) is 5.32 Å². The Kier molecular flexibility index (Phi) is 8.40. The third kappa shape index (κ3) is 5.76. The lowest BCUT2D eigenvalue weighted by molar-refractivity contribution is 0.0897. The first-order valence-corrected chi connectivity index (χ1v) is 7.71. The summed E-state index contributed by atoms with van der Waals surface area (Å²) in [5, 5.41) is 3.59. The molecular weight excluding hydrogens is 410 g/mol. The third-order valence-corrected chi connectivity index (χ3v) is 4.07. The molecule has 0 radical (unpaired) electrons. The highest BCUT2D eigenvalue weighted by Crippen LogP contribution is 2.20. The van der Waals surface area contributed by atoms with E-state index < -0.39 is 5.54 Å². The Morgan fingerprint density at radius 2 is 2.10 bits per heavy atom. The molecule has 1 unspecified atom stereocenters. The quantitative estimate of drug-likeness (QED) is 0.696. The number of carbonyl (C=O) groups is 1. The molecule has 1 atom stereocenters. The van der Waals surface area contributed by atoms with Crippen LogP contribution in [0, 0.1) is 9.49 Å². The fraction of sp³-hybridized carbons (Fsp3) is 0.500. The van der Waals surface area contributed by atoms with Gasteiger partial charge in [0.05, 0.1) is 5.56 Å². The van der Waals surface area contributed by atoms with E-state index in [1.54, 1.807) is 12.1 Å². The molecule has 0 saturated heterocycles. The molecule has 1 amide bonds. The summed E-state index contributed by atoms with van der Waals surface area (Å²) in [5.41, 5.74) is 6.01. The topological polar surface area (TPSA) is 55.1 Å². The van der Waals surface area contributed by atoms with Crippen molar-refractivity contribution in [3.05, 3.63) is 32.4 Å². The van der Waals surface area contributed by atoms with E-state index in [1.807, 2.05) is 13.0 Å². The standard InChI is InChI=1S/C14H20ClIN2O.ClH/c1-9(2)7-14(3,8-17)18-13(19)11-6-10(15)4-5-12(11)16;/h4-6,9H,7-8,17H2,1-3H3,(H,18,19);1H. The van der Waals surface area contributed by atoms with Crippen LogP contribution in [-0.2, 0) is 0 Å². The van der Waals surface area contributed by atoms with Gasteiger partial charge in [-0.15, -0.1) is 12.4 Å². The van der Waals surface area contributed by atoms with E-state index in [1.165, 1.54) is 0 Å². The van der Waals surface area contributed by atoms with Gasteiger partial charge in [-0.25, -0.2) is 0 Å². The summed E-state index contributed by atoms with van der Waals surface area (Å²) in [6, 6.07) is 5.29. The molecule has 114 valence electrons. The summed E-state index contributed by atoms with van der Waals surface area (Å²) in [6.07, 6.45) is 0.840. The van der Waals surface area contributed by atoms with Crippen LogP contribution < -0.4 is 11.1 Å². The maximum atomic E-state index is 12.3. The highest BCUT2D eigenvalue weighted by Gasteiger charge is 2.27. The molecule has 0 aliphatic rings. The van der Waals surface area contributed by atoms with Gasteiger partial charge < -0.3 is 11.1 Å². The molecule has 0 bridgehead atoms. The zero-order chi connectivity index (χ0) is 14.6. The maximum Gasteiger partial charge on any atom is 0.252 e. The second-order valence-electron chi connectivity index (χ2n) is 5.44. The van der Waals surface area contributed by atoms with Crippen LogP contribution >= 0.6 is 46.6 Å². The van der Waals surface area contributed by atoms with E-state index in [4.69, 9.17) is 17.3 Å². The number of hydrogen-bond acceptors (Lipinski definition) is 2. The van der Waals surface area contributed by atoms with Gasteiger partial charge in [-0.1, -0.05) is 25.4 Å². The molecule has 0 heterocycles. The van der Waals surface area contributed by atoms with Crippen molar-refractivity contribution in [2.75, 3.05) is 6.54 Å². The first kappa shape index (κ1) is 20.0. The summed E-state index contributed by atoms with van der Waals surface area (Å²) in [5.74, 6) is 0.341. The van der Waals surface area contributed by atoms with Gasteiger partial charge in [-0.2, -0.15) is 0 Å². The Bertz CT molecular complexity index is 468. The number of carbonyl (C=O) groups excluding carboxylic acids is 1. The molecule has 0 fully saturated rings. The summed E-state index contributed by atoms with van der Waals surface area (Å²) in [4.78, 5) is 12.3.